The lowest BCUT2D eigenvalue weighted by Crippen LogP contribution is -1.77. The van der Waals surface area contributed by atoms with Gasteiger partial charge in [0.15, 0.2) is 3.77 Å². The second-order valence-corrected chi connectivity index (χ2v) is 4.54. The third kappa shape index (κ3) is 2.42. The van der Waals surface area contributed by atoms with Crippen molar-refractivity contribution in [3.63, 3.8) is 0 Å². The summed E-state index contributed by atoms with van der Waals surface area (Å²) in [7, 11) is 0. The van der Waals surface area contributed by atoms with E-state index in [2.05, 4.69) is 33.7 Å². The van der Waals surface area contributed by atoms with Gasteiger partial charge in [-0.1, -0.05) is 0 Å². The van der Waals surface area contributed by atoms with E-state index in [0.29, 0.717) is 23.0 Å². The van der Waals surface area contributed by atoms with Crippen molar-refractivity contribution in [3.8, 4) is 6.07 Å². The second-order valence-electron chi connectivity index (χ2n) is 3.48. The van der Waals surface area contributed by atoms with Gasteiger partial charge in [0.1, 0.15) is 23.2 Å². The lowest BCUT2D eigenvalue weighted by molar-refractivity contribution is 0.528. The summed E-state index contributed by atoms with van der Waals surface area (Å²) in [4.78, 5) is 4.13. The number of furan rings is 2. The van der Waals surface area contributed by atoms with Gasteiger partial charge in [-0.25, -0.2) is 4.99 Å². The summed E-state index contributed by atoms with van der Waals surface area (Å²) >= 11 is 2.07. The molecular weight excluding hydrogens is 331 g/mol. The van der Waals surface area contributed by atoms with Crippen molar-refractivity contribution in [2.75, 3.05) is 0 Å². The van der Waals surface area contributed by atoms with Crippen molar-refractivity contribution in [1.82, 2.24) is 0 Å². The Bertz CT molecular complexity index is 617. The highest BCUT2D eigenvalue weighted by Gasteiger charge is 2.12. The first-order valence-electron chi connectivity index (χ1n) is 4.91. The monoisotopic (exact) mass is 340 g/mol. The quantitative estimate of drug-likeness (QED) is 0.618. The predicted molar refractivity (Wildman–Crippen MR) is 71.6 cm³/mol. The summed E-state index contributed by atoms with van der Waals surface area (Å²) in [5.41, 5.74) is 1.30. The average molecular weight is 340 g/mol. The van der Waals surface area contributed by atoms with Crippen LogP contribution in [0.15, 0.2) is 26.0 Å². The SMILES string of the molecule is Cc1oc(N=Cc2ccc(I)o2)c(C#N)c1C. The first-order valence-corrected chi connectivity index (χ1v) is 5.99. The van der Waals surface area contributed by atoms with E-state index < -0.39 is 0 Å². The van der Waals surface area contributed by atoms with Gasteiger partial charge in [0.25, 0.3) is 0 Å². The Morgan fingerprint density at radius 1 is 1.35 bits per heavy atom. The fourth-order valence-corrected chi connectivity index (χ4v) is 1.79. The van der Waals surface area contributed by atoms with Crippen LogP contribution < -0.4 is 0 Å². The topological polar surface area (TPSA) is 62.4 Å². The zero-order valence-corrected chi connectivity index (χ0v) is 11.5. The van der Waals surface area contributed by atoms with E-state index in [4.69, 9.17) is 14.1 Å². The maximum atomic E-state index is 9.01. The van der Waals surface area contributed by atoms with Crippen LogP contribution in [0, 0.1) is 28.9 Å². The Morgan fingerprint density at radius 3 is 2.71 bits per heavy atom. The van der Waals surface area contributed by atoms with E-state index in [1.54, 1.807) is 12.3 Å². The maximum Gasteiger partial charge on any atom is 0.237 e. The molecule has 0 saturated carbocycles. The van der Waals surface area contributed by atoms with Crippen LogP contribution in [-0.4, -0.2) is 6.21 Å². The van der Waals surface area contributed by atoms with Gasteiger partial charge >= 0.3 is 0 Å². The minimum absolute atomic E-state index is 0.328. The molecule has 0 aromatic carbocycles. The molecule has 2 aromatic heterocycles. The van der Waals surface area contributed by atoms with Crippen LogP contribution in [-0.2, 0) is 0 Å². The van der Waals surface area contributed by atoms with E-state index in [9.17, 15) is 0 Å². The minimum atomic E-state index is 0.328. The van der Waals surface area contributed by atoms with Gasteiger partial charge in [0, 0.05) is 5.56 Å². The van der Waals surface area contributed by atoms with E-state index in [-0.39, 0.29) is 0 Å². The molecular formula is C12H9IN2O2. The molecule has 4 nitrogen and oxygen atoms in total. The third-order valence-corrected chi connectivity index (χ3v) is 2.96. The van der Waals surface area contributed by atoms with Crippen molar-refractivity contribution in [3.05, 3.63) is 38.5 Å². The Kier molecular flexibility index (Phi) is 3.33. The Hall–Kier alpha value is -1.55. The Labute approximate surface area is 112 Å². The van der Waals surface area contributed by atoms with Gasteiger partial charge in [0.2, 0.25) is 5.88 Å². The van der Waals surface area contributed by atoms with Gasteiger partial charge in [0.05, 0.1) is 6.21 Å². The van der Waals surface area contributed by atoms with Crippen molar-refractivity contribution < 1.29 is 8.83 Å². The van der Waals surface area contributed by atoms with Crippen LogP contribution in [0.4, 0.5) is 5.88 Å². The number of rotatable bonds is 2. The molecule has 0 unspecified atom stereocenters. The summed E-state index contributed by atoms with van der Waals surface area (Å²) < 4.78 is 11.5. The van der Waals surface area contributed by atoms with Crippen molar-refractivity contribution in [1.29, 1.82) is 5.26 Å². The molecule has 0 saturated heterocycles. The number of hydrogen-bond donors (Lipinski definition) is 0. The molecule has 0 spiro atoms. The summed E-state index contributed by atoms with van der Waals surface area (Å²) in [5, 5.41) is 9.01. The molecule has 2 aromatic rings. The molecule has 0 aliphatic rings. The van der Waals surface area contributed by atoms with Crippen molar-refractivity contribution >= 4 is 34.7 Å². The molecule has 0 amide bonds. The van der Waals surface area contributed by atoms with Gasteiger partial charge in [-0.15, -0.1) is 0 Å². The standard InChI is InChI=1S/C12H9IN2O2/c1-7-8(2)16-12(10(7)5-14)15-6-9-3-4-11(13)17-9/h3-4,6H,1-2H3. The lowest BCUT2D eigenvalue weighted by atomic mass is 10.2. The minimum Gasteiger partial charge on any atom is -0.449 e. The van der Waals surface area contributed by atoms with E-state index in [1.807, 2.05) is 19.9 Å². The molecule has 0 aliphatic carbocycles. The van der Waals surface area contributed by atoms with Crippen LogP contribution >= 0.6 is 22.6 Å². The Balaban J connectivity index is 2.34. The third-order valence-electron chi connectivity index (χ3n) is 2.38. The fraction of sp³-hybridized carbons (Fsp3) is 0.167. The van der Waals surface area contributed by atoms with Crippen LogP contribution in [0.1, 0.15) is 22.6 Å². The number of halogens is 1. The molecule has 2 heterocycles. The molecule has 0 radical (unpaired) electrons. The molecule has 17 heavy (non-hydrogen) atoms. The first-order chi connectivity index (χ1) is 8.11. The first kappa shape index (κ1) is 11.9. The number of nitrogens with zero attached hydrogens (tertiary/aromatic N) is 2. The molecule has 2 rings (SSSR count). The fourth-order valence-electron chi connectivity index (χ4n) is 1.35. The number of aliphatic imine (C=N–C) groups is 1. The number of aryl methyl sites for hydroxylation is 1. The molecule has 0 bridgehead atoms. The highest BCUT2D eigenvalue weighted by molar-refractivity contribution is 14.1. The van der Waals surface area contributed by atoms with Gasteiger partial charge in [-0.2, -0.15) is 5.26 Å². The number of hydrogen-bond acceptors (Lipinski definition) is 4. The summed E-state index contributed by atoms with van der Waals surface area (Å²) in [6, 6.07) is 5.73. The summed E-state index contributed by atoms with van der Waals surface area (Å²) in [6.07, 6.45) is 1.54. The molecule has 0 atom stereocenters. The summed E-state index contributed by atoms with van der Waals surface area (Å²) in [5.74, 6) is 1.67. The van der Waals surface area contributed by atoms with Crippen molar-refractivity contribution in [2.45, 2.75) is 13.8 Å². The highest BCUT2D eigenvalue weighted by Crippen LogP contribution is 2.27. The maximum absolute atomic E-state index is 9.01. The molecule has 86 valence electrons. The Morgan fingerprint density at radius 2 is 2.12 bits per heavy atom. The zero-order valence-electron chi connectivity index (χ0n) is 9.32. The second kappa shape index (κ2) is 4.75. The van der Waals surface area contributed by atoms with Crippen LogP contribution in [0.3, 0.4) is 0 Å². The molecule has 0 fully saturated rings. The highest BCUT2D eigenvalue weighted by atomic mass is 127. The van der Waals surface area contributed by atoms with Gasteiger partial charge < -0.3 is 8.83 Å². The van der Waals surface area contributed by atoms with E-state index in [1.165, 1.54) is 0 Å². The van der Waals surface area contributed by atoms with Crippen molar-refractivity contribution in [2.24, 2.45) is 4.99 Å². The normalized spacial score (nSPS) is 10.9. The molecule has 0 aliphatic heterocycles. The van der Waals surface area contributed by atoms with E-state index in [0.717, 1.165) is 9.33 Å². The molecule has 5 heteroatoms. The zero-order chi connectivity index (χ0) is 12.4. The smallest absolute Gasteiger partial charge is 0.237 e. The van der Waals surface area contributed by atoms with Crippen LogP contribution in [0.25, 0.3) is 0 Å². The molecule has 0 N–H and O–H groups in total. The number of nitriles is 1. The average Bonchev–Trinajstić information content (AvgIpc) is 2.82. The van der Waals surface area contributed by atoms with E-state index >= 15 is 0 Å². The largest absolute Gasteiger partial charge is 0.449 e. The van der Waals surface area contributed by atoms with Gasteiger partial charge in [-0.05, 0) is 48.6 Å². The van der Waals surface area contributed by atoms with Crippen LogP contribution in [0.2, 0.25) is 0 Å². The predicted octanol–water partition coefficient (Wildman–Crippen LogP) is 3.72. The van der Waals surface area contributed by atoms with Crippen LogP contribution in [0.5, 0.6) is 0 Å². The summed E-state index contributed by atoms with van der Waals surface area (Å²) in [6.45, 7) is 3.65. The van der Waals surface area contributed by atoms with Gasteiger partial charge in [-0.3, -0.25) is 0 Å². The lowest BCUT2D eigenvalue weighted by Gasteiger charge is -1.87.